The molecule has 2 aromatic carbocycles. The van der Waals surface area contributed by atoms with Crippen molar-refractivity contribution in [1.82, 2.24) is 10.2 Å². The number of aromatic amines is 1. The predicted octanol–water partition coefficient (Wildman–Crippen LogP) is 3.89. The summed E-state index contributed by atoms with van der Waals surface area (Å²) in [5.74, 6) is -0.956. The lowest BCUT2D eigenvalue weighted by Gasteiger charge is -2.05. The van der Waals surface area contributed by atoms with Gasteiger partial charge in [-0.15, -0.1) is 0 Å². The van der Waals surface area contributed by atoms with Crippen molar-refractivity contribution in [2.24, 2.45) is 0 Å². The Morgan fingerprint density at radius 2 is 2.10 bits per heavy atom. The van der Waals surface area contributed by atoms with E-state index in [0.29, 0.717) is 10.5 Å². The summed E-state index contributed by atoms with van der Waals surface area (Å²) >= 11 is 6.13. The van der Waals surface area contributed by atoms with Gasteiger partial charge in [0, 0.05) is 16.0 Å². The molecule has 100 valence electrons. The Balaban J connectivity index is 2.23. The summed E-state index contributed by atoms with van der Waals surface area (Å²) in [5, 5.41) is 17.7. The molecule has 2 N–H and O–H groups in total. The second-order valence-electron chi connectivity index (χ2n) is 4.55. The topological polar surface area (TPSA) is 66.0 Å². The molecule has 4 nitrogen and oxygen atoms in total. The van der Waals surface area contributed by atoms with E-state index < -0.39 is 5.97 Å². The number of H-pyrrole nitrogens is 1. The number of carboxylic acids is 1. The van der Waals surface area contributed by atoms with Crippen LogP contribution < -0.4 is 0 Å². The van der Waals surface area contributed by atoms with Crippen LogP contribution in [-0.4, -0.2) is 21.3 Å². The van der Waals surface area contributed by atoms with Gasteiger partial charge < -0.3 is 5.11 Å². The Morgan fingerprint density at radius 1 is 1.30 bits per heavy atom. The van der Waals surface area contributed by atoms with Gasteiger partial charge in [0.1, 0.15) is 5.69 Å². The summed E-state index contributed by atoms with van der Waals surface area (Å²) in [4.78, 5) is 11.0. The highest BCUT2D eigenvalue weighted by molar-refractivity contribution is 6.31. The van der Waals surface area contributed by atoms with Gasteiger partial charge in [0.25, 0.3) is 0 Å². The van der Waals surface area contributed by atoms with Crippen LogP contribution in [0.1, 0.15) is 15.9 Å². The van der Waals surface area contributed by atoms with E-state index in [-0.39, 0.29) is 5.56 Å². The molecule has 1 heterocycles. The van der Waals surface area contributed by atoms with Crippen LogP contribution in [0.25, 0.3) is 22.2 Å². The van der Waals surface area contributed by atoms with Gasteiger partial charge in [0.15, 0.2) is 0 Å². The number of fused-ring (bicyclic) bond motifs is 1. The van der Waals surface area contributed by atoms with E-state index >= 15 is 0 Å². The number of hydrogen-bond donors (Lipinski definition) is 2. The molecule has 0 saturated heterocycles. The molecule has 0 atom stereocenters. The number of aromatic nitrogens is 2. The molecule has 0 fully saturated rings. The molecule has 0 amide bonds. The van der Waals surface area contributed by atoms with E-state index in [1.54, 1.807) is 18.2 Å². The maximum Gasteiger partial charge on any atom is 0.335 e. The van der Waals surface area contributed by atoms with Crippen molar-refractivity contribution in [1.29, 1.82) is 0 Å². The van der Waals surface area contributed by atoms with E-state index in [1.807, 2.05) is 25.1 Å². The molecule has 0 aliphatic carbocycles. The molecule has 0 saturated carbocycles. The van der Waals surface area contributed by atoms with Crippen molar-refractivity contribution in [3.63, 3.8) is 0 Å². The van der Waals surface area contributed by atoms with Crippen molar-refractivity contribution in [3.8, 4) is 11.3 Å². The fourth-order valence-corrected chi connectivity index (χ4v) is 2.40. The molecule has 0 radical (unpaired) electrons. The Bertz CT molecular complexity index is 824. The lowest BCUT2D eigenvalue weighted by Crippen LogP contribution is -1.94. The maximum absolute atomic E-state index is 11.0. The normalized spacial score (nSPS) is 10.9. The van der Waals surface area contributed by atoms with Crippen LogP contribution >= 0.6 is 11.6 Å². The number of aromatic carboxylic acids is 1. The van der Waals surface area contributed by atoms with E-state index in [2.05, 4.69) is 10.2 Å². The molecular formula is C15H11ClN2O2. The van der Waals surface area contributed by atoms with Crippen LogP contribution in [0.5, 0.6) is 0 Å². The van der Waals surface area contributed by atoms with Gasteiger partial charge in [-0.25, -0.2) is 4.79 Å². The largest absolute Gasteiger partial charge is 0.478 e. The minimum atomic E-state index is -0.956. The first-order valence-corrected chi connectivity index (χ1v) is 6.42. The fourth-order valence-electron chi connectivity index (χ4n) is 2.22. The van der Waals surface area contributed by atoms with E-state index in [9.17, 15) is 4.79 Å². The van der Waals surface area contributed by atoms with Gasteiger partial charge >= 0.3 is 5.97 Å². The zero-order chi connectivity index (χ0) is 14.3. The second kappa shape index (κ2) is 4.65. The molecule has 0 aliphatic heterocycles. The van der Waals surface area contributed by atoms with Gasteiger partial charge in [-0.1, -0.05) is 23.7 Å². The molecule has 0 unspecified atom stereocenters. The lowest BCUT2D eigenvalue weighted by molar-refractivity contribution is 0.0697. The first kappa shape index (κ1) is 12.7. The minimum absolute atomic E-state index is 0.232. The van der Waals surface area contributed by atoms with E-state index in [0.717, 1.165) is 22.2 Å². The summed E-state index contributed by atoms with van der Waals surface area (Å²) in [6.45, 7) is 1.93. The summed E-state index contributed by atoms with van der Waals surface area (Å²) in [6, 6.07) is 10.6. The first-order chi connectivity index (χ1) is 9.58. The Morgan fingerprint density at radius 3 is 2.85 bits per heavy atom. The zero-order valence-corrected chi connectivity index (χ0v) is 11.4. The predicted molar refractivity (Wildman–Crippen MR) is 78.2 cm³/mol. The fraction of sp³-hybridized carbons (Fsp3) is 0.0667. The lowest BCUT2D eigenvalue weighted by atomic mass is 10.0. The van der Waals surface area contributed by atoms with Crippen LogP contribution in [0.3, 0.4) is 0 Å². The minimum Gasteiger partial charge on any atom is -0.478 e. The number of hydrogen-bond acceptors (Lipinski definition) is 2. The molecule has 5 heteroatoms. The van der Waals surface area contributed by atoms with Crippen LogP contribution in [0, 0.1) is 6.92 Å². The number of nitrogens with zero attached hydrogens (tertiary/aromatic N) is 1. The Kier molecular flexibility index (Phi) is 2.95. The highest BCUT2D eigenvalue weighted by Gasteiger charge is 2.13. The van der Waals surface area contributed by atoms with Crippen molar-refractivity contribution in [2.45, 2.75) is 6.92 Å². The van der Waals surface area contributed by atoms with E-state index in [1.165, 1.54) is 0 Å². The third kappa shape index (κ3) is 1.94. The summed E-state index contributed by atoms with van der Waals surface area (Å²) in [5.41, 5.74) is 3.59. The molecule has 1 aromatic heterocycles. The quantitative estimate of drug-likeness (QED) is 0.751. The Hall–Kier alpha value is -2.33. The average Bonchev–Trinajstić information content (AvgIpc) is 2.84. The number of carboxylic acid groups (broad SMARTS) is 1. The molecule has 0 aliphatic rings. The second-order valence-corrected chi connectivity index (χ2v) is 4.96. The van der Waals surface area contributed by atoms with Crippen LogP contribution in [0.15, 0.2) is 36.4 Å². The van der Waals surface area contributed by atoms with Crippen LogP contribution in [-0.2, 0) is 0 Å². The first-order valence-electron chi connectivity index (χ1n) is 6.05. The molecule has 3 rings (SSSR count). The molecule has 3 aromatic rings. The van der Waals surface area contributed by atoms with Crippen LogP contribution in [0.4, 0.5) is 0 Å². The molecule has 0 bridgehead atoms. The third-order valence-corrected chi connectivity index (χ3v) is 3.74. The van der Waals surface area contributed by atoms with Crippen molar-refractivity contribution < 1.29 is 9.90 Å². The van der Waals surface area contributed by atoms with Gasteiger partial charge in [0.2, 0.25) is 0 Å². The summed E-state index contributed by atoms with van der Waals surface area (Å²) in [7, 11) is 0. The molecule has 20 heavy (non-hydrogen) atoms. The summed E-state index contributed by atoms with van der Waals surface area (Å²) < 4.78 is 0. The maximum atomic E-state index is 11.0. The SMILES string of the molecule is Cc1c(Cl)cccc1-c1n[nH]c2cc(C(=O)O)ccc12. The number of halogens is 1. The molecular weight excluding hydrogens is 276 g/mol. The third-order valence-electron chi connectivity index (χ3n) is 3.33. The standard InChI is InChI=1S/C15H11ClN2O2/c1-8-10(3-2-4-12(8)16)14-11-6-5-9(15(19)20)7-13(11)17-18-14/h2-7H,1H3,(H,17,18)(H,19,20). The highest BCUT2D eigenvalue weighted by atomic mass is 35.5. The van der Waals surface area contributed by atoms with Gasteiger partial charge in [-0.2, -0.15) is 5.10 Å². The number of rotatable bonds is 2. The highest BCUT2D eigenvalue weighted by Crippen LogP contribution is 2.32. The van der Waals surface area contributed by atoms with Gasteiger partial charge in [0.05, 0.1) is 11.1 Å². The smallest absolute Gasteiger partial charge is 0.335 e. The number of benzene rings is 2. The zero-order valence-electron chi connectivity index (χ0n) is 10.6. The van der Waals surface area contributed by atoms with Crippen molar-refractivity contribution in [2.75, 3.05) is 0 Å². The van der Waals surface area contributed by atoms with Gasteiger partial charge in [-0.3, -0.25) is 5.10 Å². The van der Waals surface area contributed by atoms with E-state index in [4.69, 9.17) is 16.7 Å². The van der Waals surface area contributed by atoms with Crippen LogP contribution in [0.2, 0.25) is 5.02 Å². The van der Waals surface area contributed by atoms with Gasteiger partial charge in [-0.05, 0) is 36.8 Å². The number of nitrogens with one attached hydrogen (secondary N) is 1. The number of carbonyl (C=O) groups is 1. The molecule has 0 spiro atoms. The Labute approximate surface area is 120 Å². The monoisotopic (exact) mass is 286 g/mol. The van der Waals surface area contributed by atoms with Crippen molar-refractivity contribution in [3.05, 3.63) is 52.5 Å². The average molecular weight is 287 g/mol. The summed E-state index contributed by atoms with van der Waals surface area (Å²) in [6.07, 6.45) is 0. The van der Waals surface area contributed by atoms with Crippen molar-refractivity contribution >= 4 is 28.5 Å².